The second-order valence-corrected chi connectivity index (χ2v) is 2.94. The first-order valence-corrected chi connectivity index (χ1v) is 4.32. The monoisotopic (exact) mass is 187 g/mol. The van der Waals surface area contributed by atoms with Gasteiger partial charge in [-0.2, -0.15) is 0 Å². The zero-order valence-corrected chi connectivity index (χ0v) is 7.51. The van der Waals surface area contributed by atoms with E-state index in [1.165, 1.54) is 6.26 Å². The molecule has 3 heteroatoms. The molecule has 0 amide bonds. The quantitative estimate of drug-likeness (QED) is 0.691. The van der Waals surface area contributed by atoms with Gasteiger partial charge in [0.25, 0.3) is 0 Å². The standard InChI is InChI=1S/C11H9NO2/c13-10(11-4-2-6-14-11)7-9-3-1-5-12-8-9/h1-6,8H,7H2. The van der Waals surface area contributed by atoms with Crippen LogP contribution in [-0.4, -0.2) is 10.8 Å². The number of pyridine rings is 1. The van der Waals surface area contributed by atoms with Gasteiger partial charge in [0.2, 0.25) is 5.78 Å². The van der Waals surface area contributed by atoms with Crippen LogP contribution in [0.15, 0.2) is 47.3 Å². The van der Waals surface area contributed by atoms with Crippen LogP contribution in [0.3, 0.4) is 0 Å². The molecular formula is C11H9NO2. The maximum Gasteiger partial charge on any atom is 0.202 e. The molecule has 0 atom stereocenters. The molecule has 2 aromatic heterocycles. The number of nitrogens with zero attached hydrogens (tertiary/aromatic N) is 1. The molecule has 0 N–H and O–H groups in total. The maximum absolute atomic E-state index is 11.6. The molecule has 0 aliphatic rings. The number of carbonyl (C=O) groups is 1. The van der Waals surface area contributed by atoms with Crippen molar-refractivity contribution in [2.45, 2.75) is 6.42 Å². The molecule has 0 saturated heterocycles. The lowest BCUT2D eigenvalue weighted by Gasteiger charge is -1.96. The van der Waals surface area contributed by atoms with Crippen molar-refractivity contribution in [1.82, 2.24) is 4.98 Å². The summed E-state index contributed by atoms with van der Waals surface area (Å²) in [5, 5.41) is 0. The van der Waals surface area contributed by atoms with Crippen LogP contribution in [0.25, 0.3) is 0 Å². The topological polar surface area (TPSA) is 43.1 Å². The molecule has 0 aromatic carbocycles. The minimum Gasteiger partial charge on any atom is -0.461 e. The first-order valence-electron chi connectivity index (χ1n) is 4.32. The number of furan rings is 1. The molecule has 0 aliphatic carbocycles. The molecule has 0 bridgehead atoms. The minimum atomic E-state index is -0.0250. The van der Waals surface area contributed by atoms with Gasteiger partial charge in [-0.15, -0.1) is 0 Å². The van der Waals surface area contributed by atoms with Gasteiger partial charge in [-0.05, 0) is 23.8 Å². The fourth-order valence-corrected chi connectivity index (χ4v) is 1.21. The van der Waals surface area contributed by atoms with Crippen LogP contribution < -0.4 is 0 Å². The molecule has 70 valence electrons. The second-order valence-electron chi connectivity index (χ2n) is 2.94. The first kappa shape index (κ1) is 8.69. The summed E-state index contributed by atoms with van der Waals surface area (Å²) in [5.41, 5.74) is 0.897. The van der Waals surface area contributed by atoms with E-state index in [1.54, 1.807) is 24.5 Å². The van der Waals surface area contributed by atoms with Crippen molar-refractivity contribution in [1.29, 1.82) is 0 Å². The van der Waals surface area contributed by atoms with Crippen molar-refractivity contribution < 1.29 is 9.21 Å². The highest BCUT2D eigenvalue weighted by Gasteiger charge is 2.08. The van der Waals surface area contributed by atoms with Crippen LogP contribution in [0.4, 0.5) is 0 Å². The molecule has 2 heterocycles. The largest absolute Gasteiger partial charge is 0.461 e. The number of Topliss-reactive ketones (excluding diaryl/α,β-unsaturated/α-hetero) is 1. The molecule has 0 radical (unpaired) electrons. The van der Waals surface area contributed by atoms with Crippen molar-refractivity contribution >= 4 is 5.78 Å². The summed E-state index contributed by atoms with van der Waals surface area (Å²) in [5.74, 6) is 0.372. The number of ketones is 1. The number of hydrogen-bond donors (Lipinski definition) is 0. The molecular weight excluding hydrogens is 178 g/mol. The Balaban J connectivity index is 2.10. The van der Waals surface area contributed by atoms with Crippen LogP contribution in [-0.2, 0) is 6.42 Å². The molecule has 2 rings (SSSR count). The van der Waals surface area contributed by atoms with Gasteiger partial charge < -0.3 is 4.42 Å². The van der Waals surface area contributed by atoms with Crippen molar-refractivity contribution in [2.24, 2.45) is 0 Å². The Hall–Kier alpha value is -1.90. The van der Waals surface area contributed by atoms with Crippen molar-refractivity contribution in [3.63, 3.8) is 0 Å². The van der Waals surface area contributed by atoms with Gasteiger partial charge in [0.1, 0.15) is 0 Å². The molecule has 0 fully saturated rings. The number of rotatable bonds is 3. The van der Waals surface area contributed by atoms with Crippen LogP contribution >= 0.6 is 0 Å². The summed E-state index contributed by atoms with van der Waals surface area (Å²) in [6.45, 7) is 0. The lowest BCUT2D eigenvalue weighted by Crippen LogP contribution is -2.01. The summed E-state index contributed by atoms with van der Waals surface area (Å²) in [6, 6.07) is 7.05. The average molecular weight is 187 g/mol. The van der Waals surface area contributed by atoms with Crippen LogP contribution in [0, 0.1) is 0 Å². The number of hydrogen-bond acceptors (Lipinski definition) is 3. The Morgan fingerprint density at radius 1 is 1.36 bits per heavy atom. The Morgan fingerprint density at radius 2 is 2.29 bits per heavy atom. The van der Waals surface area contributed by atoms with Crippen molar-refractivity contribution in [2.75, 3.05) is 0 Å². The Labute approximate surface area is 81.4 Å². The van der Waals surface area contributed by atoms with Crippen LogP contribution in [0.2, 0.25) is 0 Å². The summed E-state index contributed by atoms with van der Waals surface area (Å²) < 4.78 is 5.00. The highest BCUT2D eigenvalue weighted by atomic mass is 16.3. The lowest BCUT2D eigenvalue weighted by molar-refractivity contribution is 0.0966. The van der Waals surface area contributed by atoms with E-state index in [0.29, 0.717) is 12.2 Å². The maximum atomic E-state index is 11.6. The van der Waals surface area contributed by atoms with E-state index in [0.717, 1.165) is 5.56 Å². The van der Waals surface area contributed by atoms with E-state index in [1.807, 2.05) is 12.1 Å². The highest BCUT2D eigenvalue weighted by Crippen LogP contribution is 2.06. The molecule has 2 aromatic rings. The zero-order chi connectivity index (χ0) is 9.80. The molecule has 0 saturated carbocycles. The third-order valence-electron chi connectivity index (χ3n) is 1.88. The second kappa shape index (κ2) is 3.87. The van der Waals surface area contributed by atoms with Gasteiger partial charge >= 0.3 is 0 Å². The van der Waals surface area contributed by atoms with E-state index in [4.69, 9.17) is 4.42 Å². The van der Waals surface area contributed by atoms with E-state index in [2.05, 4.69) is 4.98 Å². The average Bonchev–Trinajstić information content (AvgIpc) is 2.72. The van der Waals surface area contributed by atoms with E-state index in [9.17, 15) is 4.79 Å². The van der Waals surface area contributed by atoms with Gasteiger partial charge in [-0.1, -0.05) is 6.07 Å². The Bertz CT molecular complexity index is 406. The molecule has 0 spiro atoms. The smallest absolute Gasteiger partial charge is 0.202 e. The van der Waals surface area contributed by atoms with E-state index < -0.39 is 0 Å². The van der Waals surface area contributed by atoms with Gasteiger partial charge in [0.05, 0.1) is 6.26 Å². The molecule has 3 nitrogen and oxygen atoms in total. The fraction of sp³-hybridized carbons (Fsp3) is 0.0909. The summed E-state index contributed by atoms with van der Waals surface area (Å²) in [7, 11) is 0. The highest BCUT2D eigenvalue weighted by molar-refractivity contribution is 5.94. The SMILES string of the molecule is O=C(Cc1cccnc1)c1ccco1. The van der Waals surface area contributed by atoms with E-state index in [-0.39, 0.29) is 5.78 Å². The Morgan fingerprint density at radius 3 is 2.93 bits per heavy atom. The van der Waals surface area contributed by atoms with Gasteiger partial charge in [0.15, 0.2) is 5.76 Å². The fourth-order valence-electron chi connectivity index (χ4n) is 1.21. The predicted molar refractivity (Wildman–Crippen MR) is 51.0 cm³/mol. The van der Waals surface area contributed by atoms with Gasteiger partial charge in [0, 0.05) is 18.8 Å². The number of aromatic nitrogens is 1. The Kier molecular flexibility index (Phi) is 2.40. The molecule has 0 unspecified atom stereocenters. The van der Waals surface area contributed by atoms with Crippen molar-refractivity contribution in [3.05, 3.63) is 54.2 Å². The van der Waals surface area contributed by atoms with Gasteiger partial charge in [-0.25, -0.2) is 0 Å². The number of carbonyl (C=O) groups excluding carboxylic acids is 1. The summed E-state index contributed by atoms with van der Waals surface area (Å²) >= 11 is 0. The molecule has 0 aliphatic heterocycles. The predicted octanol–water partition coefficient (Wildman–Crippen LogP) is 2.10. The van der Waals surface area contributed by atoms with Crippen LogP contribution in [0.5, 0.6) is 0 Å². The normalized spacial score (nSPS) is 10.0. The molecule has 14 heavy (non-hydrogen) atoms. The van der Waals surface area contributed by atoms with E-state index >= 15 is 0 Å². The first-order chi connectivity index (χ1) is 6.86. The lowest BCUT2D eigenvalue weighted by atomic mass is 10.1. The minimum absolute atomic E-state index is 0.0250. The third-order valence-corrected chi connectivity index (χ3v) is 1.88. The van der Waals surface area contributed by atoms with Gasteiger partial charge in [-0.3, -0.25) is 9.78 Å². The van der Waals surface area contributed by atoms with Crippen LogP contribution in [0.1, 0.15) is 16.1 Å². The van der Waals surface area contributed by atoms with Crippen molar-refractivity contribution in [3.8, 4) is 0 Å². The zero-order valence-electron chi connectivity index (χ0n) is 7.51. The summed E-state index contributed by atoms with van der Waals surface area (Å²) in [4.78, 5) is 15.5. The third kappa shape index (κ3) is 1.88. The summed E-state index contributed by atoms with van der Waals surface area (Å²) in [6.07, 6.45) is 5.19.